The number of benzene rings is 1. The SMILES string of the molecule is CCC(C)Oc1ncc(-c2nc(-c3c(F)cccc3Cl)[nH]c2N)cn1. The number of aromatic amines is 1. The van der Waals surface area contributed by atoms with Gasteiger partial charge >= 0.3 is 6.01 Å². The van der Waals surface area contributed by atoms with Crippen molar-refractivity contribution in [3.8, 4) is 28.7 Å². The Morgan fingerprint density at radius 3 is 2.68 bits per heavy atom. The van der Waals surface area contributed by atoms with E-state index in [2.05, 4.69) is 19.9 Å². The highest BCUT2D eigenvalue weighted by Crippen LogP contribution is 2.32. The maximum Gasteiger partial charge on any atom is 0.316 e. The summed E-state index contributed by atoms with van der Waals surface area (Å²) in [5.41, 5.74) is 7.16. The Kier molecular flexibility index (Phi) is 4.85. The van der Waals surface area contributed by atoms with Crippen LogP contribution in [0.1, 0.15) is 20.3 Å². The molecule has 3 N–H and O–H groups in total. The first kappa shape index (κ1) is 17.2. The molecule has 0 amide bonds. The molecule has 130 valence electrons. The lowest BCUT2D eigenvalue weighted by Crippen LogP contribution is -2.11. The smallest absolute Gasteiger partial charge is 0.316 e. The maximum absolute atomic E-state index is 14.1. The molecular weight excluding hydrogens is 345 g/mol. The molecule has 1 aromatic carbocycles. The second-order valence-corrected chi connectivity index (χ2v) is 5.94. The van der Waals surface area contributed by atoms with Gasteiger partial charge in [0.15, 0.2) is 0 Å². The van der Waals surface area contributed by atoms with Gasteiger partial charge in [-0.25, -0.2) is 19.3 Å². The fraction of sp³-hybridized carbons (Fsp3) is 0.235. The average Bonchev–Trinajstić information content (AvgIpc) is 2.96. The number of hydrogen-bond acceptors (Lipinski definition) is 5. The Morgan fingerprint density at radius 1 is 1.32 bits per heavy atom. The second-order valence-electron chi connectivity index (χ2n) is 5.54. The topological polar surface area (TPSA) is 89.7 Å². The van der Waals surface area contributed by atoms with Crippen LogP contribution in [0.4, 0.5) is 10.2 Å². The van der Waals surface area contributed by atoms with Gasteiger partial charge < -0.3 is 15.5 Å². The molecule has 1 unspecified atom stereocenters. The van der Waals surface area contributed by atoms with E-state index in [-0.39, 0.29) is 34.3 Å². The van der Waals surface area contributed by atoms with Crippen LogP contribution in [0.5, 0.6) is 6.01 Å². The molecule has 3 rings (SSSR count). The number of halogens is 2. The third kappa shape index (κ3) is 3.56. The predicted molar refractivity (Wildman–Crippen MR) is 94.8 cm³/mol. The number of ether oxygens (including phenoxy) is 1. The Morgan fingerprint density at radius 2 is 2.04 bits per heavy atom. The maximum atomic E-state index is 14.1. The first-order chi connectivity index (χ1) is 12.0. The number of nitrogen functional groups attached to an aromatic ring is 1. The molecule has 0 aliphatic heterocycles. The van der Waals surface area contributed by atoms with Crippen LogP contribution in [0.25, 0.3) is 22.6 Å². The van der Waals surface area contributed by atoms with Crippen molar-refractivity contribution in [1.29, 1.82) is 0 Å². The van der Waals surface area contributed by atoms with E-state index < -0.39 is 5.82 Å². The highest BCUT2D eigenvalue weighted by Gasteiger charge is 2.17. The molecule has 0 fully saturated rings. The third-order valence-corrected chi connectivity index (χ3v) is 4.03. The van der Waals surface area contributed by atoms with Crippen molar-refractivity contribution in [2.45, 2.75) is 26.4 Å². The molecule has 0 bridgehead atoms. The highest BCUT2D eigenvalue weighted by molar-refractivity contribution is 6.33. The van der Waals surface area contributed by atoms with Crippen LogP contribution in [0.15, 0.2) is 30.6 Å². The molecule has 0 aliphatic carbocycles. The summed E-state index contributed by atoms with van der Waals surface area (Å²) in [7, 11) is 0. The van der Waals surface area contributed by atoms with Crippen LogP contribution in [-0.4, -0.2) is 26.0 Å². The largest absolute Gasteiger partial charge is 0.460 e. The van der Waals surface area contributed by atoms with E-state index in [0.717, 1.165) is 6.42 Å². The molecule has 8 heteroatoms. The molecule has 0 saturated heterocycles. The van der Waals surface area contributed by atoms with Gasteiger partial charge in [-0.1, -0.05) is 24.6 Å². The number of rotatable bonds is 5. The summed E-state index contributed by atoms with van der Waals surface area (Å²) in [5, 5.41) is 0.244. The van der Waals surface area contributed by atoms with Gasteiger partial charge in [0.25, 0.3) is 0 Å². The lowest BCUT2D eigenvalue weighted by Gasteiger charge is -2.10. The minimum Gasteiger partial charge on any atom is -0.460 e. The van der Waals surface area contributed by atoms with E-state index in [0.29, 0.717) is 11.3 Å². The van der Waals surface area contributed by atoms with Crippen LogP contribution >= 0.6 is 11.6 Å². The van der Waals surface area contributed by atoms with Crippen molar-refractivity contribution in [3.05, 3.63) is 41.4 Å². The van der Waals surface area contributed by atoms with Crippen molar-refractivity contribution >= 4 is 17.4 Å². The molecule has 0 spiro atoms. The van der Waals surface area contributed by atoms with Gasteiger partial charge in [0, 0.05) is 18.0 Å². The zero-order chi connectivity index (χ0) is 18.0. The number of nitrogens with two attached hydrogens (primary N) is 1. The molecule has 6 nitrogen and oxygen atoms in total. The molecule has 0 radical (unpaired) electrons. The number of nitrogens with zero attached hydrogens (tertiary/aromatic N) is 3. The van der Waals surface area contributed by atoms with Crippen LogP contribution < -0.4 is 10.5 Å². The molecule has 1 atom stereocenters. The second kappa shape index (κ2) is 7.06. The monoisotopic (exact) mass is 361 g/mol. The molecule has 3 aromatic rings. The normalized spacial score (nSPS) is 12.2. The van der Waals surface area contributed by atoms with Crippen LogP contribution in [0.3, 0.4) is 0 Å². The molecule has 0 saturated carbocycles. The third-order valence-electron chi connectivity index (χ3n) is 3.71. The lowest BCUT2D eigenvalue weighted by molar-refractivity contribution is 0.199. The fourth-order valence-corrected chi connectivity index (χ4v) is 2.46. The van der Waals surface area contributed by atoms with Gasteiger partial charge in [-0.3, -0.25) is 0 Å². The molecule has 0 aliphatic rings. The van der Waals surface area contributed by atoms with Gasteiger partial charge in [-0.2, -0.15) is 0 Å². The summed E-state index contributed by atoms with van der Waals surface area (Å²) >= 11 is 6.07. The molecule has 2 heterocycles. The van der Waals surface area contributed by atoms with Gasteiger partial charge in [-0.15, -0.1) is 0 Å². The van der Waals surface area contributed by atoms with E-state index in [9.17, 15) is 4.39 Å². The van der Waals surface area contributed by atoms with Gasteiger partial charge in [0.1, 0.15) is 23.2 Å². The lowest BCUT2D eigenvalue weighted by atomic mass is 10.2. The quantitative estimate of drug-likeness (QED) is 0.714. The van der Waals surface area contributed by atoms with E-state index in [1.165, 1.54) is 12.1 Å². The van der Waals surface area contributed by atoms with Gasteiger partial charge in [0.05, 0.1) is 16.7 Å². The standard InChI is InChI=1S/C17H17ClFN5O/c1-3-9(2)25-17-21-7-10(8-22-17)14-15(20)24-16(23-14)13-11(18)5-4-6-12(13)19/h4-9H,3,20H2,1-2H3,(H,23,24). The molecule has 25 heavy (non-hydrogen) atoms. The van der Waals surface area contributed by atoms with Crippen molar-refractivity contribution in [2.75, 3.05) is 5.73 Å². The first-order valence-electron chi connectivity index (χ1n) is 7.78. The summed E-state index contributed by atoms with van der Waals surface area (Å²) < 4.78 is 19.6. The van der Waals surface area contributed by atoms with Crippen molar-refractivity contribution in [3.63, 3.8) is 0 Å². The van der Waals surface area contributed by atoms with Crippen molar-refractivity contribution in [2.24, 2.45) is 0 Å². The fourth-order valence-electron chi connectivity index (χ4n) is 2.21. The summed E-state index contributed by atoms with van der Waals surface area (Å²) in [5.74, 6) is 0.0328. The minimum absolute atomic E-state index is 0.0242. The highest BCUT2D eigenvalue weighted by atomic mass is 35.5. The predicted octanol–water partition coefficient (Wildman–Crippen LogP) is 4.09. The number of anilines is 1. The zero-order valence-electron chi connectivity index (χ0n) is 13.8. The summed E-state index contributed by atoms with van der Waals surface area (Å²) in [6.07, 6.45) is 3.99. The summed E-state index contributed by atoms with van der Waals surface area (Å²) in [4.78, 5) is 15.5. The molecular formula is C17H17ClFN5O. The minimum atomic E-state index is -0.485. The Hall–Kier alpha value is -2.67. The summed E-state index contributed by atoms with van der Waals surface area (Å²) in [6.45, 7) is 3.95. The molecule has 2 aromatic heterocycles. The van der Waals surface area contributed by atoms with E-state index in [4.69, 9.17) is 22.1 Å². The first-order valence-corrected chi connectivity index (χ1v) is 8.16. The van der Waals surface area contributed by atoms with E-state index in [1.807, 2.05) is 13.8 Å². The number of hydrogen-bond donors (Lipinski definition) is 2. The Labute approximate surface area is 149 Å². The average molecular weight is 362 g/mol. The van der Waals surface area contributed by atoms with Gasteiger partial charge in [-0.05, 0) is 25.5 Å². The summed E-state index contributed by atoms with van der Waals surface area (Å²) in [6, 6.07) is 4.70. The number of nitrogens with one attached hydrogen (secondary N) is 1. The number of imidazole rings is 1. The Balaban J connectivity index is 1.93. The van der Waals surface area contributed by atoms with Crippen molar-refractivity contribution < 1.29 is 9.13 Å². The Bertz CT molecular complexity index is 861. The van der Waals surface area contributed by atoms with Gasteiger partial charge in [0.2, 0.25) is 0 Å². The van der Waals surface area contributed by atoms with E-state index >= 15 is 0 Å². The van der Waals surface area contributed by atoms with Crippen LogP contribution in [0, 0.1) is 5.82 Å². The van der Waals surface area contributed by atoms with E-state index in [1.54, 1.807) is 18.5 Å². The number of H-pyrrole nitrogens is 1. The van der Waals surface area contributed by atoms with Crippen LogP contribution in [0.2, 0.25) is 5.02 Å². The number of aromatic nitrogens is 4. The van der Waals surface area contributed by atoms with Crippen molar-refractivity contribution in [1.82, 2.24) is 19.9 Å². The zero-order valence-corrected chi connectivity index (χ0v) is 14.5. The van der Waals surface area contributed by atoms with Crippen LogP contribution in [-0.2, 0) is 0 Å².